The smallest absolute Gasteiger partial charge is 0.255 e. The molecule has 1 aromatic heterocycles. The molecule has 0 radical (unpaired) electrons. The third kappa shape index (κ3) is 3.27. The van der Waals surface area contributed by atoms with Gasteiger partial charge in [0.05, 0.1) is 24.2 Å². The number of amides is 2. The number of likely N-dealkylation sites (tertiary alicyclic amines) is 2. The van der Waals surface area contributed by atoms with E-state index in [4.69, 9.17) is 4.74 Å². The van der Waals surface area contributed by atoms with Crippen molar-refractivity contribution in [3.63, 3.8) is 0 Å². The van der Waals surface area contributed by atoms with Crippen molar-refractivity contribution in [2.75, 3.05) is 26.2 Å². The maximum absolute atomic E-state index is 12.6. The van der Waals surface area contributed by atoms with E-state index in [0.717, 1.165) is 38.0 Å². The highest BCUT2D eigenvalue weighted by Crippen LogP contribution is 2.35. The van der Waals surface area contributed by atoms with Gasteiger partial charge in [-0.15, -0.1) is 0 Å². The van der Waals surface area contributed by atoms with Crippen molar-refractivity contribution in [1.82, 2.24) is 14.8 Å². The molecule has 0 spiro atoms. The van der Waals surface area contributed by atoms with E-state index >= 15 is 0 Å². The summed E-state index contributed by atoms with van der Waals surface area (Å²) in [7, 11) is 0. The van der Waals surface area contributed by atoms with Crippen LogP contribution in [0.25, 0.3) is 0 Å². The molecule has 3 saturated heterocycles. The second-order valence-corrected chi connectivity index (χ2v) is 7.33. The Bertz CT molecular complexity index is 642. The van der Waals surface area contributed by atoms with E-state index < -0.39 is 0 Å². The van der Waals surface area contributed by atoms with Crippen LogP contribution in [0.15, 0.2) is 18.3 Å². The van der Waals surface area contributed by atoms with E-state index in [1.54, 1.807) is 6.20 Å². The normalized spacial score (nSPS) is 28.0. The van der Waals surface area contributed by atoms with Gasteiger partial charge in [0.25, 0.3) is 5.91 Å². The van der Waals surface area contributed by atoms with Crippen LogP contribution >= 0.6 is 0 Å². The van der Waals surface area contributed by atoms with Crippen LogP contribution in [0.1, 0.15) is 42.2 Å². The Morgan fingerprint density at radius 2 is 2.08 bits per heavy atom. The molecule has 134 valence electrons. The van der Waals surface area contributed by atoms with Crippen LogP contribution in [0.4, 0.5) is 0 Å². The van der Waals surface area contributed by atoms with Crippen molar-refractivity contribution in [2.45, 2.75) is 44.8 Å². The van der Waals surface area contributed by atoms with E-state index in [1.165, 1.54) is 0 Å². The summed E-state index contributed by atoms with van der Waals surface area (Å²) in [5.74, 6) is 0.591. The van der Waals surface area contributed by atoms with E-state index in [9.17, 15) is 9.59 Å². The number of nitrogens with zero attached hydrogens (tertiary/aromatic N) is 3. The predicted octanol–water partition coefficient (Wildman–Crippen LogP) is 1.50. The summed E-state index contributed by atoms with van der Waals surface area (Å²) < 4.78 is 6.07. The number of carbonyl (C=O) groups excluding carboxylic acids is 2. The lowest BCUT2D eigenvalue weighted by Gasteiger charge is -2.31. The van der Waals surface area contributed by atoms with E-state index in [1.807, 2.05) is 28.9 Å². The molecule has 3 fully saturated rings. The molecule has 4 heterocycles. The first-order valence-corrected chi connectivity index (χ1v) is 9.31. The number of pyridine rings is 1. The van der Waals surface area contributed by atoms with Crippen LogP contribution in [-0.2, 0) is 16.0 Å². The summed E-state index contributed by atoms with van der Waals surface area (Å²) in [4.78, 5) is 32.8. The lowest BCUT2D eigenvalue weighted by atomic mass is 10.0. The summed E-state index contributed by atoms with van der Waals surface area (Å²) >= 11 is 0. The molecule has 3 atom stereocenters. The monoisotopic (exact) mass is 343 g/mol. The fourth-order valence-electron chi connectivity index (χ4n) is 3.99. The molecule has 0 saturated carbocycles. The van der Waals surface area contributed by atoms with Crippen LogP contribution in [0.5, 0.6) is 0 Å². The number of rotatable bonds is 4. The molecule has 0 unspecified atom stereocenters. The first kappa shape index (κ1) is 16.5. The topological polar surface area (TPSA) is 62.7 Å². The molecular formula is C19H25N3O3. The zero-order valence-electron chi connectivity index (χ0n) is 14.7. The van der Waals surface area contributed by atoms with Gasteiger partial charge in [-0.05, 0) is 31.4 Å². The molecule has 3 aliphatic heterocycles. The van der Waals surface area contributed by atoms with Crippen LogP contribution < -0.4 is 0 Å². The minimum absolute atomic E-state index is 0.0193. The number of aromatic nitrogens is 1. The third-order valence-corrected chi connectivity index (χ3v) is 5.65. The average Bonchev–Trinajstić information content (AvgIpc) is 3.11. The lowest BCUT2D eigenvalue weighted by molar-refractivity contribution is -0.137. The second kappa shape index (κ2) is 6.75. The molecule has 0 aliphatic carbocycles. The van der Waals surface area contributed by atoms with Gasteiger partial charge in [0.2, 0.25) is 5.91 Å². The van der Waals surface area contributed by atoms with Gasteiger partial charge in [0.1, 0.15) is 0 Å². The largest absolute Gasteiger partial charge is 0.372 e. The van der Waals surface area contributed by atoms with Gasteiger partial charge >= 0.3 is 0 Å². The average molecular weight is 343 g/mol. The molecular weight excluding hydrogens is 318 g/mol. The first-order chi connectivity index (χ1) is 12.1. The van der Waals surface area contributed by atoms with E-state index in [0.29, 0.717) is 31.0 Å². The summed E-state index contributed by atoms with van der Waals surface area (Å²) in [5.41, 5.74) is 1.63. The van der Waals surface area contributed by atoms with Gasteiger partial charge < -0.3 is 14.5 Å². The van der Waals surface area contributed by atoms with Crippen LogP contribution in [0, 0.1) is 5.92 Å². The Kier molecular flexibility index (Phi) is 4.46. The minimum atomic E-state index is 0.0193. The molecule has 0 bridgehead atoms. The highest BCUT2D eigenvalue weighted by molar-refractivity contribution is 5.94. The third-order valence-electron chi connectivity index (χ3n) is 5.65. The molecule has 0 aromatic carbocycles. The van der Waals surface area contributed by atoms with E-state index in [-0.39, 0.29) is 24.0 Å². The molecule has 4 rings (SSSR count). The van der Waals surface area contributed by atoms with Crippen molar-refractivity contribution < 1.29 is 14.3 Å². The number of carbonyl (C=O) groups is 2. The SMILES string of the molecule is CCc1ccc(C(=O)N2C[C@@H]3C[C@@H](CC(=O)N4CCC4)O[C@@H]3C2)cn1. The molecule has 1 aromatic rings. The van der Waals surface area contributed by atoms with Gasteiger partial charge in [-0.3, -0.25) is 14.6 Å². The van der Waals surface area contributed by atoms with Gasteiger partial charge in [-0.2, -0.15) is 0 Å². The quantitative estimate of drug-likeness (QED) is 0.831. The Hall–Kier alpha value is -1.95. The van der Waals surface area contributed by atoms with Crippen molar-refractivity contribution in [1.29, 1.82) is 0 Å². The second-order valence-electron chi connectivity index (χ2n) is 7.33. The molecule has 6 heteroatoms. The summed E-state index contributed by atoms with van der Waals surface area (Å²) in [6.07, 6.45) is 5.11. The zero-order valence-corrected chi connectivity index (χ0v) is 14.7. The number of hydrogen-bond acceptors (Lipinski definition) is 4. The Balaban J connectivity index is 1.31. The van der Waals surface area contributed by atoms with Gasteiger partial charge in [0, 0.05) is 44.0 Å². The molecule has 3 aliphatic rings. The maximum Gasteiger partial charge on any atom is 0.255 e. The number of hydrogen-bond donors (Lipinski definition) is 0. The fraction of sp³-hybridized carbons (Fsp3) is 0.632. The fourth-order valence-corrected chi connectivity index (χ4v) is 3.99. The number of ether oxygens (including phenoxy) is 1. The Labute approximate surface area is 148 Å². The zero-order chi connectivity index (χ0) is 17.4. The summed E-state index contributed by atoms with van der Waals surface area (Å²) in [6.45, 7) is 5.17. The Morgan fingerprint density at radius 1 is 1.24 bits per heavy atom. The molecule has 0 N–H and O–H groups in total. The molecule has 25 heavy (non-hydrogen) atoms. The standard InChI is InChI=1S/C19H25N3O3/c1-2-15-5-4-13(10-20-15)19(24)22-11-14-8-16(25-17(14)12-22)9-18(23)21-6-3-7-21/h4-5,10,14,16-17H,2-3,6-9,11-12H2,1H3/t14-,16-,17+/m0/s1. The highest BCUT2D eigenvalue weighted by Gasteiger charge is 2.44. The Morgan fingerprint density at radius 3 is 2.68 bits per heavy atom. The van der Waals surface area contributed by atoms with Gasteiger partial charge in [-0.1, -0.05) is 6.92 Å². The van der Waals surface area contributed by atoms with Crippen LogP contribution in [-0.4, -0.2) is 65.0 Å². The van der Waals surface area contributed by atoms with Crippen molar-refractivity contribution in [3.05, 3.63) is 29.6 Å². The van der Waals surface area contributed by atoms with Crippen molar-refractivity contribution in [2.24, 2.45) is 5.92 Å². The van der Waals surface area contributed by atoms with Crippen molar-refractivity contribution in [3.8, 4) is 0 Å². The highest BCUT2D eigenvalue weighted by atomic mass is 16.5. The van der Waals surface area contributed by atoms with Crippen molar-refractivity contribution >= 4 is 11.8 Å². The number of fused-ring (bicyclic) bond motifs is 1. The number of aryl methyl sites for hydroxylation is 1. The van der Waals surface area contributed by atoms with Crippen LogP contribution in [0.2, 0.25) is 0 Å². The van der Waals surface area contributed by atoms with Gasteiger partial charge in [0.15, 0.2) is 0 Å². The minimum Gasteiger partial charge on any atom is -0.372 e. The molecule has 2 amide bonds. The van der Waals surface area contributed by atoms with Crippen LogP contribution in [0.3, 0.4) is 0 Å². The maximum atomic E-state index is 12.6. The first-order valence-electron chi connectivity index (χ1n) is 9.31. The van der Waals surface area contributed by atoms with E-state index in [2.05, 4.69) is 4.98 Å². The summed E-state index contributed by atoms with van der Waals surface area (Å²) in [6, 6.07) is 3.77. The summed E-state index contributed by atoms with van der Waals surface area (Å²) in [5, 5.41) is 0. The molecule has 6 nitrogen and oxygen atoms in total. The lowest BCUT2D eigenvalue weighted by Crippen LogP contribution is -2.43. The predicted molar refractivity (Wildman–Crippen MR) is 92.1 cm³/mol. The van der Waals surface area contributed by atoms with Gasteiger partial charge in [-0.25, -0.2) is 0 Å².